The minimum atomic E-state index is 0.00773. The highest BCUT2D eigenvalue weighted by atomic mass is 32.2. The molecule has 0 saturated carbocycles. The molecule has 0 radical (unpaired) electrons. The molecule has 0 saturated heterocycles. The number of benzene rings is 1. The lowest BCUT2D eigenvalue weighted by atomic mass is 10.1. The molecule has 0 aliphatic heterocycles. The van der Waals surface area contributed by atoms with Gasteiger partial charge in [0.2, 0.25) is 0 Å². The van der Waals surface area contributed by atoms with E-state index in [0.717, 1.165) is 28.6 Å². The molecular weight excluding hydrogens is 244 g/mol. The number of nitrogens with one attached hydrogen (secondary N) is 2. The van der Waals surface area contributed by atoms with Crippen LogP contribution in [0.25, 0.3) is 10.9 Å². The van der Waals surface area contributed by atoms with Crippen LogP contribution in [0.3, 0.4) is 0 Å². The van der Waals surface area contributed by atoms with Crippen LogP contribution in [0.15, 0.2) is 30.5 Å². The fourth-order valence-electron chi connectivity index (χ4n) is 1.99. The second-order valence-corrected chi connectivity index (χ2v) is 5.19. The first-order valence-corrected chi connectivity index (χ1v) is 7.51. The number of aromatic amines is 1. The minimum Gasteiger partial charge on any atom is -0.360 e. The second-order valence-electron chi connectivity index (χ2n) is 4.28. The van der Waals surface area contributed by atoms with E-state index in [0.29, 0.717) is 0 Å². The summed E-state index contributed by atoms with van der Waals surface area (Å²) in [6.45, 7) is 2.09. The fraction of sp³-hybridized carbons (Fsp3) is 0.357. The molecule has 0 aliphatic rings. The average Bonchev–Trinajstić information content (AvgIpc) is 2.82. The number of carbonyl (C=O) groups is 1. The van der Waals surface area contributed by atoms with E-state index in [-0.39, 0.29) is 11.9 Å². The minimum absolute atomic E-state index is 0.00773. The molecule has 2 aromatic rings. The molecule has 18 heavy (non-hydrogen) atoms. The summed E-state index contributed by atoms with van der Waals surface area (Å²) in [5.74, 6) is 0.957. The Kier molecular flexibility index (Phi) is 4.31. The van der Waals surface area contributed by atoms with Crippen molar-refractivity contribution < 1.29 is 4.79 Å². The van der Waals surface area contributed by atoms with Gasteiger partial charge in [0, 0.05) is 28.9 Å². The molecular formula is C14H18N2OS. The quantitative estimate of drug-likeness (QED) is 0.870. The van der Waals surface area contributed by atoms with Gasteiger partial charge in [-0.25, -0.2) is 0 Å². The van der Waals surface area contributed by atoms with Gasteiger partial charge in [-0.1, -0.05) is 25.1 Å². The van der Waals surface area contributed by atoms with Crippen LogP contribution < -0.4 is 5.32 Å². The summed E-state index contributed by atoms with van der Waals surface area (Å²) in [6, 6.07) is 8.10. The third-order valence-corrected chi connectivity index (χ3v) is 3.77. The Morgan fingerprint density at radius 2 is 2.22 bits per heavy atom. The molecule has 0 fully saturated rings. The SMILES string of the molecule is CCC(CSC)NC(=O)c1c[nH]c2ccccc12. The standard InChI is InChI=1S/C14H18N2OS/c1-3-10(9-18-2)16-14(17)12-8-15-13-7-5-4-6-11(12)13/h4-8,10,15H,3,9H2,1-2H3,(H,16,17). The summed E-state index contributed by atoms with van der Waals surface area (Å²) in [6.07, 6.45) is 4.79. The molecule has 1 aromatic heterocycles. The van der Waals surface area contributed by atoms with Crippen LogP contribution in [0.2, 0.25) is 0 Å². The van der Waals surface area contributed by atoms with Gasteiger partial charge in [0.05, 0.1) is 5.56 Å². The number of amides is 1. The van der Waals surface area contributed by atoms with Crippen LogP contribution in [0.1, 0.15) is 23.7 Å². The van der Waals surface area contributed by atoms with Gasteiger partial charge >= 0.3 is 0 Å². The molecule has 96 valence electrons. The van der Waals surface area contributed by atoms with Crippen LogP contribution >= 0.6 is 11.8 Å². The Hall–Kier alpha value is -1.42. The zero-order valence-electron chi connectivity index (χ0n) is 10.7. The summed E-state index contributed by atoms with van der Waals surface area (Å²) in [5.41, 5.74) is 1.73. The predicted octanol–water partition coefficient (Wildman–Crippen LogP) is 3.04. The van der Waals surface area contributed by atoms with Crippen LogP contribution in [0.5, 0.6) is 0 Å². The summed E-state index contributed by atoms with van der Waals surface area (Å²) in [7, 11) is 0. The number of para-hydroxylation sites is 1. The lowest BCUT2D eigenvalue weighted by Gasteiger charge is -2.15. The molecule has 1 aromatic carbocycles. The lowest BCUT2D eigenvalue weighted by molar-refractivity contribution is 0.0942. The van der Waals surface area contributed by atoms with E-state index in [1.165, 1.54) is 0 Å². The number of hydrogen-bond acceptors (Lipinski definition) is 2. The third kappa shape index (κ3) is 2.70. The van der Waals surface area contributed by atoms with E-state index in [4.69, 9.17) is 0 Å². The topological polar surface area (TPSA) is 44.9 Å². The lowest BCUT2D eigenvalue weighted by Crippen LogP contribution is -2.36. The summed E-state index contributed by atoms with van der Waals surface area (Å²) >= 11 is 1.75. The molecule has 1 unspecified atom stereocenters. The maximum absolute atomic E-state index is 12.2. The highest BCUT2D eigenvalue weighted by Crippen LogP contribution is 2.17. The Morgan fingerprint density at radius 1 is 1.44 bits per heavy atom. The molecule has 0 aliphatic carbocycles. The van der Waals surface area contributed by atoms with E-state index in [1.54, 1.807) is 18.0 Å². The first-order chi connectivity index (χ1) is 8.76. The van der Waals surface area contributed by atoms with Crippen molar-refractivity contribution in [3.63, 3.8) is 0 Å². The Morgan fingerprint density at radius 3 is 2.94 bits per heavy atom. The maximum Gasteiger partial charge on any atom is 0.253 e. The number of hydrogen-bond donors (Lipinski definition) is 2. The number of rotatable bonds is 5. The Balaban J connectivity index is 2.18. The van der Waals surface area contributed by atoms with Gasteiger partial charge in [0.25, 0.3) is 5.91 Å². The number of thioether (sulfide) groups is 1. The van der Waals surface area contributed by atoms with E-state index in [2.05, 4.69) is 23.5 Å². The van der Waals surface area contributed by atoms with Gasteiger partial charge in [-0.15, -0.1) is 0 Å². The first kappa shape index (κ1) is 13.0. The smallest absolute Gasteiger partial charge is 0.253 e. The van der Waals surface area contributed by atoms with Gasteiger partial charge in [-0.05, 0) is 18.7 Å². The number of aromatic nitrogens is 1. The molecule has 2 rings (SSSR count). The van der Waals surface area contributed by atoms with Gasteiger partial charge < -0.3 is 10.3 Å². The predicted molar refractivity (Wildman–Crippen MR) is 78.2 cm³/mol. The zero-order chi connectivity index (χ0) is 13.0. The van der Waals surface area contributed by atoms with Crippen LogP contribution in [0.4, 0.5) is 0 Å². The third-order valence-electron chi connectivity index (χ3n) is 3.03. The highest BCUT2D eigenvalue weighted by molar-refractivity contribution is 7.98. The van der Waals surface area contributed by atoms with Crippen molar-refractivity contribution in [2.75, 3.05) is 12.0 Å². The van der Waals surface area contributed by atoms with Crippen molar-refractivity contribution in [1.29, 1.82) is 0 Å². The summed E-state index contributed by atoms with van der Waals surface area (Å²) in [4.78, 5) is 15.3. The molecule has 3 nitrogen and oxygen atoms in total. The van der Waals surface area contributed by atoms with Crippen molar-refractivity contribution in [2.24, 2.45) is 0 Å². The highest BCUT2D eigenvalue weighted by Gasteiger charge is 2.15. The molecule has 1 amide bonds. The first-order valence-electron chi connectivity index (χ1n) is 6.12. The Bertz CT molecular complexity index is 535. The molecule has 2 N–H and O–H groups in total. The van der Waals surface area contributed by atoms with Crippen molar-refractivity contribution in [3.8, 4) is 0 Å². The van der Waals surface area contributed by atoms with Crippen molar-refractivity contribution >= 4 is 28.6 Å². The van der Waals surface area contributed by atoms with Crippen molar-refractivity contribution in [1.82, 2.24) is 10.3 Å². The van der Waals surface area contributed by atoms with E-state index in [9.17, 15) is 4.79 Å². The molecule has 1 heterocycles. The molecule has 0 spiro atoms. The van der Waals surface area contributed by atoms with Gasteiger partial charge in [0.15, 0.2) is 0 Å². The normalized spacial score (nSPS) is 12.6. The molecule has 1 atom stereocenters. The van der Waals surface area contributed by atoms with Gasteiger partial charge in [-0.3, -0.25) is 4.79 Å². The van der Waals surface area contributed by atoms with Gasteiger partial charge in [-0.2, -0.15) is 11.8 Å². The van der Waals surface area contributed by atoms with Crippen LogP contribution in [-0.4, -0.2) is 28.9 Å². The number of carbonyl (C=O) groups excluding carboxylic acids is 1. The average molecular weight is 262 g/mol. The Labute approximate surface area is 111 Å². The summed E-state index contributed by atoms with van der Waals surface area (Å²) < 4.78 is 0. The summed E-state index contributed by atoms with van der Waals surface area (Å²) in [5, 5.41) is 4.06. The van der Waals surface area contributed by atoms with Gasteiger partial charge in [0.1, 0.15) is 0 Å². The van der Waals surface area contributed by atoms with Crippen LogP contribution in [0, 0.1) is 0 Å². The largest absolute Gasteiger partial charge is 0.360 e. The second kappa shape index (κ2) is 5.96. The van der Waals surface area contributed by atoms with E-state index >= 15 is 0 Å². The van der Waals surface area contributed by atoms with Crippen LogP contribution in [-0.2, 0) is 0 Å². The van der Waals surface area contributed by atoms with Crippen molar-refractivity contribution in [3.05, 3.63) is 36.0 Å². The fourth-order valence-corrected chi connectivity index (χ4v) is 2.71. The maximum atomic E-state index is 12.2. The monoisotopic (exact) mass is 262 g/mol. The molecule has 4 heteroatoms. The van der Waals surface area contributed by atoms with E-state index in [1.807, 2.05) is 24.3 Å². The molecule has 0 bridgehead atoms. The number of H-pyrrole nitrogens is 1. The van der Waals surface area contributed by atoms with Crippen molar-refractivity contribution in [2.45, 2.75) is 19.4 Å². The number of fused-ring (bicyclic) bond motifs is 1. The van der Waals surface area contributed by atoms with E-state index < -0.39 is 0 Å². The zero-order valence-corrected chi connectivity index (χ0v) is 11.5.